The van der Waals surface area contributed by atoms with Crippen LogP contribution in [0.15, 0.2) is 47.4 Å². The summed E-state index contributed by atoms with van der Waals surface area (Å²) in [6.45, 7) is 1.63. The van der Waals surface area contributed by atoms with Crippen LogP contribution in [0.3, 0.4) is 0 Å². The first kappa shape index (κ1) is 23.7. The lowest BCUT2D eigenvalue weighted by Crippen LogP contribution is -2.38. The van der Waals surface area contributed by atoms with E-state index in [1.54, 1.807) is 0 Å². The SMILES string of the molecule is Cc1ccc(S(=O)(=O)NC(CN2CCCC2=O)c2cccc(C(F)(F)F)c2)cc1[N+](=O)[O-]. The number of likely N-dealkylation sites (tertiary alicyclic amines) is 1. The van der Waals surface area contributed by atoms with E-state index < -0.39 is 43.3 Å². The molecule has 1 aliphatic heterocycles. The molecule has 32 heavy (non-hydrogen) atoms. The van der Waals surface area contributed by atoms with Crippen LogP contribution in [0.4, 0.5) is 18.9 Å². The fraction of sp³-hybridized carbons (Fsp3) is 0.350. The van der Waals surface area contributed by atoms with Crippen LogP contribution in [-0.2, 0) is 21.0 Å². The Bertz CT molecular complexity index is 1150. The predicted octanol–water partition coefficient (Wildman–Crippen LogP) is 3.56. The molecule has 1 unspecified atom stereocenters. The number of hydrogen-bond donors (Lipinski definition) is 1. The highest BCUT2D eigenvalue weighted by Gasteiger charge is 2.33. The van der Waals surface area contributed by atoms with Gasteiger partial charge in [-0.1, -0.05) is 18.2 Å². The molecule has 0 radical (unpaired) electrons. The summed E-state index contributed by atoms with van der Waals surface area (Å²) in [4.78, 5) is 23.5. The topological polar surface area (TPSA) is 110 Å². The van der Waals surface area contributed by atoms with Crippen molar-refractivity contribution in [1.29, 1.82) is 0 Å². The molecule has 1 atom stereocenters. The molecule has 1 heterocycles. The lowest BCUT2D eigenvalue weighted by molar-refractivity contribution is -0.385. The molecule has 1 aliphatic rings. The quantitative estimate of drug-likeness (QED) is 0.491. The van der Waals surface area contributed by atoms with Gasteiger partial charge in [-0.05, 0) is 37.1 Å². The number of hydrogen-bond acceptors (Lipinski definition) is 5. The van der Waals surface area contributed by atoms with Gasteiger partial charge in [-0.3, -0.25) is 14.9 Å². The average Bonchev–Trinajstić information content (AvgIpc) is 3.11. The van der Waals surface area contributed by atoms with Crippen LogP contribution in [0.2, 0.25) is 0 Å². The summed E-state index contributed by atoms with van der Waals surface area (Å²) in [5, 5.41) is 11.2. The number of benzene rings is 2. The number of amides is 1. The molecule has 0 spiro atoms. The molecule has 2 aromatic carbocycles. The summed E-state index contributed by atoms with van der Waals surface area (Å²) < 4.78 is 67.9. The van der Waals surface area contributed by atoms with Crippen molar-refractivity contribution >= 4 is 21.6 Å². The predicted molar refractivity (Wildman–Crippen MR) is 108 cm³/mol. The van der Waals surface area contributed by atoms with Crippen molar-refractivity contribution in [1.82, 2.24) is 9.62 Å². The van der Waals surface area contributed by atoms with Gasteiger partial charge in [-0.25, -0.2) is 13.1 Å². The van der Waals surface area contributed by atoms with Crippen molar-refractivity contribution in [2.24, 2.45) is 0 Å². The molecular weight excluding hydrogens is 451 g/mol. The van der Waals surface area contributed by atoms with E-state index in [2.05, 4.69) is 4.72 Å². The maximum atomic E-state index is 13.2. The second-order valence-electron chi connectivity index (χ2n) is 7.45. The molecule has 0 bridgehead atoms. The van der Waals surface area contributed by atoms with Crippen molar-refractivity contribution in [2.75, 3.05) is 13.1 Å². The second-order valence-corrected chi connectivity index (χ2v) is 9.16. The molecule has 1 amide bonds. The number of nitro groups is 1. The zero-order valence-electron chi connectivity index (χ0n) is 16.9. The first-order valence-corrected chi connectivity index (χ1v) is 11.1. The number of nitro benzene ring substituents is 1. The third kappa shape index (κ3) is 5.25. The number of alkyl halides is 3. The molecule has 0 aliphatic carbocycles. The van der Waals surface area contributed by atoms with E-state index in [0.29, 0.717) is 13.0 Å². The van der Waals surface area contributed by atoms with E-state index in [0.717, 1.165) is 24.3 Å². The highest BCUT2D eigenvalue weighted by molar-refractivity contribution is 7.89. The number of carbonyl (C=O) groups is 1. The minimum absolute atomic E-state index is 0.0183. The summed E-state index contributed by atoms with van der Waals surface area (Å²) in [5.74, 6) is -0.229. The second kappa shape index (κ2) is 8.87. The van der Waals surface area contributed by atoms with E-state index in [1.165, 1.54) is 30.0 Å². The van der Waals surface area contributed by atoms with Gasteiger partial charge in [-0.2, -0.15) is 13.2 Å². The van der Waals surface area contributed by atoms with Crippen LogP contribution in [0.1, 0.15) is 35.6 Å². The van der Waals surface area contributed by atoms with E-state index in [9.17, 15) is 36.5 Å². The lowest BCUT2D eigenvalue weighted by Gasteiger charge is -2.25. The first-order valence-electron chi connectivity index (χ1n) is 9.61. The number of sulfonamides is 1. The van der Waals surface area contributed by atoms with Crippen molar-refractivity contribution in [3.63, 3.8) is 0 Å². The lowest BCUT2D eigenvalue weighted by atomic mass is 10.0. The van der Waals surface area contributed by atoms with Crippen molar-refractivity contribution in [3.05, 3.63) is 69.3 Å². The zero-order chi connectivity index (χ0) is 23.7. The Morgan fingerprint density at radius 3 is 2.53 bits per heavy atom. The standard InChI is InChI=1S/C20H20F3N3O5S/c1-13-7-8-16(11-18(13)26(28)29)32(30,31)24-17(12-25-9-3-6-19(25)27)14-4-2-5-15(10-14)20(21,22)23/h2,4-5,7-8,10-11,17,24H,3,6,9,12H2,1H3. The molecule has 12 heteroatoms. The molecule has 0 saturated carbocycles. The van der Waals surface area contributed by atoms with Crippen LogP contribution in [0.5, 0.6) is 0 Å². The fourth-order valence-corrected chi connectivity index (χ4v) is 4.70. The Morgan fingerprint density at radius 2 is 1.94 bits per heavy atom. The zero-order valence-corrected chi connectivity index (χ0v) is 17.7. The summed E-state index contributed by atoms with van der Waals surface area (Å²) in [6.07, 6.45) is -3.81. The van der Waals surface area contributed by atoms with Gasteiger partial charge in [0.2, 0.25) is 15.9 Å². The maximum Gasteiger partial charge on any atom is 0.416 e. The van der Waals surface area contributed by atoms with Gasteiger partial charge in [0.15, 0.2) is 0 Å². The average molecular weight is 471 g/mol. The van der Waals surface area contributed by atoms with Gasteiger partial charge in [0.25, 0.3) is 5.69 Å². The van der Waals surface area contributed by atoms with Crippen LogP contribution >= 0.6 is 0 Å². The number of nitrogens with one attached hydrogen (secondary N) is 1. The number of rotatable bonds is 7. The molecule has 0 aromatic heterocycles. The smallest absolute Gasteiger partial charge is 0.341 e. The van der Waals surface area contributed by atoms with Crippen LogP contribution in [0.25, 0.3) is 0 Å². The minimum Gasteiger partial charge on any atom is -0.341 e. The molecule has 1 fully saturated rings. The van der Waals surface area contributed by atoms with Gasteiger partial charge >= 0.3 is 6.18 Å². The molecule has 8 nitrogen and oxygen atoms in total. The number of halogens is 3. The monoisotopic (exact) mass is 471 g/mol. The summed E-state index contributed by atoms with van der Waals surface area (Å²) in [5.41, 5.74) is -1.09. The van der Waals surface area contributed by atoms with Crippen molar-refractivity contribution in [2.45, 2.75) is 36.9 Å². The van der Waals surface area contributed by atoms with Gasteiger partial charge in [0, 0.05) is 31.1 Å². The molecule has 172 valence electrons. The maximum absolute atomic E-state index is 13.2. The Labute approximate surface area is 182 Å². The first-order chi connectivity index (χ1) is 14.9. The van der Waals surface area contributed by atoms with E-state index >= 15 is 0 Å². The van der Waals surface area contributed by atoms with E-state index in [4.69, 9.17) is 0 Å². The van der Waals surface area contributed by atoms with Crippen molar-refractivity contribution in [3.8, 4) is 0 Å². The van der Waals surface area contributed by atoms with E-state index in [1.807, 2.05) is 0 Å². The Hall–Kier alpha value is -2.99. The fourth-order valence-electron chi connectivity index (χ4n) is 3.47. The molecule has 1 saturated heterocycles. The summed E-state index contributed by atoms with van der Waals surface area (Å²) in [7, 11) is -4.36. The van der Waals surface area contributed by atoms with Crippen LogP contribution < -0.4 is 4.72 Å². The number of carbonyl (C=O) groups excluding carboxylic acids is 1. The minimum atomic E-state index is -4.64. The summed E-state index contributed by atoms with van der Waals surface area (Å²) in [6, 6.07) is 6.32. The largest absolute Gasteiger partial charge is 0.416 e. The van der Waals surface area contributed by atoms with Gasteiger partial charge in [-0.15, -0.1) is 0 Å². The van der Waals surface area contributed by atoms with Gasteiger partial charge in [0.05, 0.1) is 21.4 Å². The van der Waals surface area contributed by atoms with Crippen LogP contribution in [0, 0.1) is 17.0 Å². The van der Waals surface area contributed by atoms with Crippen LogP contribution in [-0.4, -0.2) is 37.2 Å². The highest BCUT2D eigenvalue weighted by atomic mass is 32.2. The highest BCUT2D eigenvalue weighted by Crippen LogP contribution is 2.32. The summed E-state index contributed by atoms with van der Waals surface area (Å²) >= 11 is 0. The molecule has 2 aromatic rings. The molecule has 1 N–H and O–H groups in total. The molecular formula is C20H20F3N3O5S. The Kier molecular flexibility index (Phi) is 6.56. The normalized spacial score (nSPS) is 15.8. The van der Waals surface area contributed by atoms with Crippen molar-refractivity contribution < 1.29 is 31.3 Å². The number of nitrogens with zero attached hydrogens (tertiary/aromatic N) is 2. The third-order valence-corrected chi connectivity index (χ3v) is 6.65. The van der Waals surface area contributed by atoms with Gasteiger partial charge in [0.1, 0.15) is 0 Å². The molecule has 3 rings (SSSR count). The Balaban J connectivity index is 1.99. The van der Waals surface area contributed by atoms with Gasteiger partial charge < -0.3 is 4.90 Å². The Morgan fingerprint density at radius 1 is 1.22 bits per heavy atom. The number of aryl methyl sites for hydroxylation is 1. The third-order valence-electron chi connectivity index (χ3n) is 5.18. The van der Waals surface area contributed by atoms with E-state index in [-0.39, 0.29) is 30.0 Å².